The van der Waals surface area contributed by atoms with Crippen molar-refractivity contribution in [1.82, 2.24) is 5.43 Å². The largest absolute Gasteiger partial charge is 0.280 e. The summed E-state index contributed by atoms with van der Waals surface area (Å²) in [6.45, 7) is 3.80. The molecule has 1 unspecified atom stereocenters. The van der Waals surface area contributed by atoms with Gasteiger partial charge < -0.3 is 0 Å². The average molecular weight is 449 g/mol. The number of benzene rings is 3. The maximum Gasteiger partial charge on any atom is 0.280 e. The van der Waals surface area contributed by atoms with E-state index in [2.05, 4.69) is 10.5 Å². The number of hydrazone groups is 1. The Bertz CT molecular complexity index is 1340. The highest BCUT2D eigenvalue weighted by Crippen LogP contribution is 2.27. The van der Waals surface area contributed by atoms with Crippen molar-refractivity contribution in [1.29, 1.82) is 0 Å². The number of amides is 2. The van der Waals surface area contributed by atoms with Crippen LogP contribution in [0.1, 0.15) is 25.0 Å². The molecule has 5 rings (SSSR count). The Kier molecular flexibility index (Phi) is 5.65. The van der Waals surface area contributed by atoms with E-state index in [1.54, 1.807) is 5.01 Å². The molecule has 0 aromatic heterocycles. The first kappa shape index (κ1) is 21.6. The maximum atomic E-state index is 13.1. The third kappa shape index (κ3) is 4.07. The van der Waals surface area contributed by atoms with E-state index in [1.807, 2.05) is 111 Å². The van der Waals surface area contributed by atoms with E-state index in [0.717, 1.165) is 22.5 Å². The number of anilines is 2. The fraction of sp³-hybridized carbons (Fsp3) is 0.107. The fourth-order valence-electron chi connectivity index (χ4n) is 4.11. The van der Waals surface area contributed by atoms with Crippen molar-refractivity contribution in [2.24, 2.45) is 5.10 Å². The van der Waals surface area contributed by atoms with Gasteiger partial charge in [0, 0.05) is 5.57 Å². The highest BCUT2D eigenvalue weighted by molar-refractivity contribution is 6.32. The summed E-state index contributed by atoms with van der Waals surface area (Å²) in [5.74, 6) is -0.232. The van der Waals surface area contributed by atoms with Crippen LogP contribution in [-0.2, 0) is 9.59 Å². The van der Waals surface area contributed by atoms with Gasteiger partial charge in [-0.2, -0.15) is 10.1 Å². The van der Waals surface area contributed by atoms with Crippen molar-refractivity contribution < 1.29 is 9.59 Å². The molecular formula is C28H24N4O2. The van der Waals surface area contributed by atoms with Crippen LogP contribution in [-0.4, -0.2) is 23.6 Å². The van der Waals surface area contributed by atoms with Crippen LogP contribution in [0.5, 0.6) is 0 Å². The smallest absolute Gasteiger partial charge is 0.268 e. The van der Waals surface area contributed by atoms with E-state index in [9.17, 15) is 9.59 Å². The highest BCUT2D eigenvalue weighted by Gasteiger charge is 2.33. The molecule has 0 aliphatic carbocycles. The van der Waals surface area contributed by atoms with Crippen LogP contribution in [0.4, 0.5) is 11.4 Å². The number of para-hydroxylation sites is 2. The van der Waals surface area contributed by atoms with Crippen LogP contribution in [0.3, 0.4) is 0 Å². The summed E-state index contributed by atoms with van der Waals surface area (Å²) >= 11 is 0. The molecule has 1 saturated heterocycles. The van der Waals surface area contributed by atoms with E-state index in [4.69, 9.17) is 0 Å². The Morgan fingerprint density at radius 1 is 0.794 bits per heavy atom. The van der Waals surface area contributed by atoms with E-state index >= 15 is 0 Å². The number of hydrogen-bond acceptors (Lipinski definition) is 4. The second kappa shape index (κ2) is 8.92. The summed E-state index contributed by atoms with van der Waals surface area (Å²) in [6.07, 6.45) is 3.75. The zero-order valence-corrected chi connectivity index (χ0v) is 19.0. The molecule has 2 aliphatic rings. The molecule has 0 spiro atoms. The number of nitrogens with zero attached hydrogens (tertiary/aromatic N) is 3. The van der Waals surface area contributed by atoms with Crippen LogP contribution in [0.2, 0.25) is 0 Å². The molecule has 0 saturated carbocycles. The van der Waals surface area contributed by atoms with Gasteiger partial charge in [0.2, 0.25) is 0 Å². The standard InChI is InChI=1S/C28H24N4O2/c1-19-25(27(33)31(29-19)23-12-5-3-6-13-23)17-21-10-9-11-22(16-21)18-26-20(2)30-32(28(26)34)24-14-7-4-8-15-24/h3-19,29H,1-2H3/b25-17+,26-18-. The minimum atomic E-state index is -0.158. The van der Waals surface area contributed by atoms with Crippen LogP contribution < -0.4 is 15.4 Å². The second-order valence-corrected chi connectivity index (χ2v) is 8.29. The van der Waals surface area contributed by atoms with E-state index in [-0.39, 0.29) is 17.9 Å². The summed E-state index contributed by atoms with van der Waals surface area (Å²) < 4.78 is 0. The van der Waals surface area contributed by atoms with Gasteiger partial charge in [0.05, 0.1) is 28.7 Å². The molecule has 168 valence electrons. The molecule has 0 radical (unpaired) electrons. The number of nitrogens with one attached hydrogen (secondary N) is 1. The molecule has 2 heterocycles. The van der Waals surface area contributed by atoms with Gasteiger partial charge in [0.25, 0.3) is 11.8 Å². The van der Waals surface area contributed by atoms with E-state index < -0.39 is 0 Å². The molecule has 1 N–H and O–H groups in total. The van der Waals surface area contributed by atoms with Crippen LogP contribution in [0.25, 0.3) is 12.2 Å². The summed E-state index contributed by atoms with van der Waals surface area (Å²) in [5.41, 5.74) is 8.43. The first-order chi connectivity index (χ1) is 16.5. The summed E-state index contributed by atoms with van der Waals surface area (Å²) in [6, 6.07) is 26.6. The first-order valence-electron chi connectivity index (χ1n) is 11.2. The zero-order chi connectivity index (χ0) is 23.7. The molecule has 3 aromatic rings. The van der Waals surface area contributed by atoms with Crippen molar-refractivity contribution in [2.75, 3.05) is 10.0 Å². The molecule has 2 amide bonds. The Balaban J connectivity index is 1.41. The molecule has 34 heavy (non-hydrogen) atoms. The van der Waals surface area contributed by atoms with Gasteiger partial charge >= 0.3 is 0 Å². The Morgan fingerprint density at radius 3 is 2.09 bits per heavy atom. The van der Waals surface area contributed by atoms with Gasteiger partial charge in [0.15, 0.2) is 0 Å². The van der Waals surface area contributed by atoms with E-state index in [1.165, 1.54) is 5.01 Å². The molecule has 6 heteroatoms. The Hall–Kier alpha value is -4.29. The molecule has 1 atom stereocenters. The molecule has 2 aliphatic heterocycles. The summed E-state index contributed by atoms with van der Waals surface area (Å²) in [7, 11) is 0. The average Bonchev–Trinajstić information content (AvgIpc) is 3.30. The number of hydrogen-bond donors (Lipinski definition) is 1. The number of rotatable bonds is 4. The van der Waals surface area contributed by atoms with Crippen LogP contribution in [0, 0.1) is 0 Å². The Morgan fingerprint density at radius 2 is 1.41 bits per heavy atom. The van der Waals surface area contributed by atoms with Crippen molar-refractivity contribution in [2.45, 2.75) is 19.9 Å². The zero-order valence-electron chi connectivity index (χ0n) is 19.0. The lowest BCUT2D eigenvalue weighted by atomic mass is 10.0. The molecule has 6 nitrogen and oxygen atoms in total. The normalized spacial score (nSPS) is 20.5. The lowest BCUT2D eigenvalue weighted by Crippen LogP contribution is -2.36. The predicted molar refractivity (Wildman–Crippen MR) is 136 cm³/mol. The van der Waals surface area contributed by atoms with Crippen molar-refractivity contribution >= 4 is 41.1 Å². The van der Waals surface area contributed by atoms with E-state index in [0.29, 0.717) is 16.9 Å². The lowest BCUT2D eigenvalue weighted by molar-refractivity contribution is -0.115. The third-order valence-electron chi connectivity index (χ3n) is 5.86. The van der Waals surface area contributed by atoms with Gasteiger partial charge in [-0.25, -0.2) is 10.4 Å². The topological polar surface area (TPSA) is 65.0 Å². The quantitative estimate of drug-likeness (QED) is 0.582. The molecule has 3 aromatic carbocycles. The first-order valence-corrected chi connectivity index (χ1v) is 11.2. The van der Waals surface area contributed by atoms with Crippen molar-refractivity contribution in [3.05, 3.63) is 107 Å². The highest BCUT2D eigenvalue weighted by atomic mass is 16.2. The van der Waals surface area contributed by atoms with Gasteiger partial charge in [-0.05, 0) is 67.5 Å². The SMILES string of the molecule is CC1=NN(c2ccccc2)C(=O)/C1=C\c1cccc(/C=C2/C(=O)N(c3ccccc3)NC2C)c1. The van der Waals surface area contributed by atoms with Crippen LogP contribution >= 0.6 is 0 Å². The monoisotopic (exact) mass is 448 g/mol. The van der Waals surface area contributed by atoms with Gasteiger partial charge in [0.1, 0.15) is 0 Å². The summed E-state index contributed by atoms with van der Waals surface area (Å²) in [4.78, 5) is 26.1. The Labute approximate surface area is 198 Å². The molecular weight excluding hydrogens is 424 g/mol. The molecule has 1 fully saturated rings. The number of hydrazine groups is 1. The van der Waals surface area contributed by atoms with Gasteiger partial charge in [-0.3, -0.25) is 9.59 Å². The third-order valence-corrected chi connectivity index (χ3v) is 5.86. The fourth-order valence-corrected chi connectivity index (χ4v) is 4.11. The lowest BCUT2D eigenvalue weighted by Gasteiger charge is -2.15. The molecule has 0 bridgehead atoms. The maximum absolute atomic E-state index is 13.1. The predicted octanol–water partition coefficient (Wildman–Crippen LogP) is 4.82. The summed E-state index contributed by atoms with van der Waals surface area (Å²) in [5, 5.41) is 7.45. The van der Waals surface area contributed by atoms with Crippen LogP contribution in [0.15, 0.2) is 101 Å². The van der Waals surface area contributed by atoms with Crippen molar-refractivity contribution in [3.63, 3.8) is 0 Å². The minimum absolute atomic E-state index is 0.0742. The van der Waals surface area contributed by atoms with Gasteiger partial charge in [-0.1, -0.05) is 54.6 Å². The number of carbonyl (C=O) groups excluding carboxylic acids is 2. The van der Waals surface area contributed by atoms with Crippen molar-refractivity contribution in [3.8, 4) is 0 Å². The minimum Gasteiger partial charge on any atom is -0.268 e. The second-order valence-electron chi connectivity index (χ2n) is 8.29. The number of carbonyl (C=O) groups is 2. The van der Waals surface area contributed by atoms with Gasteiger partial charge in [-0.15, -0.1) is 0 Å².